The lowest BCUT2D eigenvalue weighted by molar-refractivity contribution is -0.385. The second-order valence-corrected chi connectivity index (χ2v) is 3.28. The second kappa shape index (κ2) is 4.48. The summed E-state index contributed by atoms with van der Waals surface area (Å²) in [5, 5.41) is 10.8. The smallest absolute Gasteiger partial charge is 0.313 e. The van der Waals surface area contributed by atoms with Gasteiger partial charge in [-0.2, -0.15) is 0 Å². The molecule has 0 spiro atoms. The summed E-state index contributed by atoms with van der Waals surface area (Å²) in [6.45, 7) is 0. The third-order valence-electron chi connectivity index (χ3n) is 2.04. The van der Waals surface area contributed by atoms with Gasteiger partial charge in [-0.25, -0.2) is 0 Å². The summed E-state index contributed by atoms with van der Waals surface area (Å²) < 4.78 is 5.37. The van der Waals surface area contributed by atoms with Crippen molar-refractivity contribution in [2.75, 3.05) is 5.73 Å². The SMILES string of the molecule is Nc1ccc(Oc2cccnc2)c([N+](=O)[O-])c1. The molecule has 0 bridgehead atoms. The number of nitrogens with zero attached hydrogens (tertiary/aromatic N) is 2. The molecule has 0 amide bonds. The molecule has 0 aliphatic heterocycles. The Labute approximate surface area is 96.8 Å². The minimum absolute atomic E-state index is 0.136. The Balaban J connectivity index is 2.36. The van der Waals surface area contributed by atoms with Crippen molar-refractivity contribution in [1.82, 2.24) is 4.98 Å². The molecule has 0 fully saturated rings. The predicted octanol–water partition coefficient (Wildman–Crippen LogP) is 2.36. The maximum absolute atomic E-state index is 10.8. The molecule has 17 heavy (non-hydrogen) atoms. The Morgan fingerprint density at radius 3 is 2.82 bits per heavy atom. The van der Waals surface area contributed by atoms with Gasteiger partial charge in [0.2, 0.25) is 5.75 Å². The summed E-state index contributed by atoms with van der Waals surface area (Å²) in [6, 6.07) is 7.59. The van der Waals surface area contributed by atoms with E-state index in [4.69, 9.17) is 10.5 Å². The van der Waals surface area contributed by atoms with Gasteiger partial charge < -0.3 is 10.5 Å². The largest absolute Gasteiger partial charge is 0.449 e. The van der Waals surface area contributed by atoms with Crippen LogP contribution in [0.1, 0.15) is 0 Å². The van der Waals surface area contributed by atoms with Crippen molar-refractivity contribution in [1.29, 1.82) is 0 Å². The van der Waals surface area contributed by atoms with Crippen LogP contribution in [-0.2, 0) is 0 Å². The lowest BCUT2D eigenvalue weighted by atomic mass is 10.2. The van der Waals surface area contributed by atoms with E-state index in [0.717, 1.165) is 0 Å². The summed E-state index contributed by atoms with van der Waals surface area (Å²) >= 11 is 0. The fourth-order valence-electron chi connectivity index (χ4n) is 1.30. The van der Waals surface area contributed by atoms with Crippen LogP contribution in [-0.4, -0.2) is 9.91 Å². The van der Waals surface area contributed by atoms with E-state index in [1.165, 1.54) is 18.3 Å². The van der Waals surface area contributed by atoms with Gasteiger partial charge in [0.25, 0.3) is 0 Å². The Hall–Kier alpha value is -2.63. The van der Waals surface area contributed by atoms with Crippen LogP contribution in [0.15, 0.2) is 42.7 Å². The molecule has 0 unspecified atom stereocenters. The normalized spacial score (nSPS) is 9.88. The molecule has 2 aromatic rings. The lowest BCUT2D eigenvalue weighted by Crippen LogP contribution is -1.95. The summed E-state index contributed by atoms with van der Waals surface area (Å²) in [5.41, 5.74) is 5.63. The molecule has 2 rings (SSSR count). The van der Waals surface area contributed by atoms with Crippen LogP contribution in [0, 0.1) is 10.1 Å². The van der Waals surface area contributed by atoms with Crippen LogP contribution in [0.3, 0.4) is 0 Å². The standard InChI is InChI=1S/C11H9N3O3/c12-8-3-4-11(10(6-8)14(15)16)17-9-2-1-5-13-7-9/h1-7H,12H2. The number of pyridine rings is 1. The number of hydrogen-bond donors (Lipinski definition) is 1. The molecule has 0 aliphatic rings. The third-order valence-corrected chi connectivity index (χ3v) is 2.04. The molecule has 1 aromatic carbocycles. The first kappa shape index (κ1) is 10.9. The number of nitrogens with two attached hydrogens (primary N) is 1. The zero-order valence-corrected chi connectivity index (χ0v) is 8.74. The summed E-state index contributed by atoms with van der Waals surface area (Å²) in [6.07, 6.45) is 3.06. The van der Waals surface area contributed by atoms with Gasteiger partial charge in [-0.3, -0.25) is 15.1 Å². The average molecular weight is 231 g/mol. The number of ether oxygens (including phenoxy) is 1. The number of nitro benzene ring substituents is 1. The van der Waals surface area contributed by atoms with Crippen molar-refractivity contribution >= 4 is 11.4 Å². The topological polar surface area (TPSA) is 91.3 Å². The molecule has 1 heterocycles. The van der Waals surface area contributed by atoms with Gasteiger partial charge >= 0.3 is 5.69 Å². The van der Waals surface area contributed by atoms with Crippen molar-refractivity contribution in [2.45, 2.75) is 0 Å². The van der Waals surface area contributed by atoms with E-state index in [2.05, 4.69) is 4.98 Å². The van der Waals surface area contributed by atoms with Crippen molar-refractivity contribution < 1.29 is 9.66 Å². The highest BCUT2D eigenvalue weighted by molar-refractivity contribution is 5.57. The summed E-state index contributed by atoms with van der Waals surface area (Å²) in [5.74, 6) is 0.567. The minimum Gasteiger partial charge on any atom is -0.449 e. The van der Waals surface area contributed by atoms with E-state index in [1.807, 2.05) is 0 Å². The average Bonchev–Trinajstić information content (AvgIpc) is 2.32. The fourth-order valence-corrected chi connectivity index (χ4v) is 1.30. The highest BCUT2D eigenvalue weighted by Gasteiger charge is 2.15. The number of rotatable bonds is 3. The van der Waals surface area contributed by atoms with E-state index in [1.54, 1.807) is 24.4 Å². The molecule has 1 aromatic heterocycles. The third kappa shape index (κ3) is 2.49. The van der Waals surface area contributed by atoms with Crippen LogP contribution in [0.5, 0.6) is 11.5 Å². The van der Waals surface area contributed by atoms with Crippen molar-refractivity contribution in [2.24, 2.45) is 0 Å². The van der Waals surface area contributed by atoms with Gasteiger partial charge in [0.15, 0.2) is 0 Å². The molecular formula is C11H9N3O3. The van der Waals surface area contributed by atoms with Gasteiger partial charge in [-0.15, -0.1) is 0 Å². The predicted molar refractivity (Wildman–Crippen MR) is 61.8 cm³/mol. The minimum atomic E-state index is -0.540. The van der Waals surface area contributed by atoms with Crippen LogP contribution in [0.25, 0.3) is 0 Å². The van der Waals surface area contributed by atoms with Crippen molar-refractivity contribution in [3.05, 3.63) is 52.8 Å². The molecule has 0 atom stereocenters. The number of hydrogen-bond acceptors (Lipinski definition) is 5. The molecule has 6 heteroatoms. The number of nitrogen functional groups attached to an aromatic ring is 1. The summed E-state index contributed by atoms with van der Waals surface area (Å²) in [7, 11) is 0. The van der Waals surface area contributed by atoms with Gasteiger partial charge in [0.05, 0.1) is 11.1 Å². The molecule has 0 aliphatic carbocycles. The number of nitro groups is 1. The van der Waals surface area contributed by atoms with E-state index in [-0.39, 0.29) is 11.4 Å². The first-order valence-electron chi connectivity index (χ1n) is 4.78. The quantitative estimate of drug-likeness (QED) is 0.497. The maximum Gasteiger partial charge on any atom is 0.313 e. The molecule has 86 valence electrons. The van der Waals surface area contributed by atoms with E-state index in [9.17, 15) is 10.1 Å². The number of aromatic nitrogens is 1. The molecule has 0 saturated heterocycles. The maximum atomic E-state index is 10.8. The molecular weight excluding hydrogens is 222 g/mol. The van der Waals surface area contributed by atoms with E-state index < -0.39 is 4.92 Å². The monoisotopic (exact) mass is 231 g/mol. The lowest BCUT2D eigenvalue weighted by Gasteiger charge is -2.05. The Kier molecular flexibility index (Phi) is 2.87. The number of anilines is 1. The molecule has 0 radical (unpaired) electrons. The highest BCUT2D eigenvalue weighted by Crippen LogP contribution is 2.32. The van der Waals surface area contributed by atoms with Crippen LogP contribution < -0.4 is 10.5 Å². The second-order valence-electron chi connectivity index (χ2n) is 3.28. The summed E-state index contributed by atoms with van der Waals surface area (Å²) in [4.78, 5) is 14.1. The first-order chi connectivity index (χ1) is 8.16. The molecule has 2 N–H and O–H groups in total. The fraction of sp³-hybridized carbons (Fsp3) is 0. The van der Waals surface area contributed by atoms with Crippen molar-refractivity contribution in [3.63, 3.8) is 0 Å². The molecule has 0 saturated carbocycles. The van der Waals surface area contributed by atoms with Gasteiger partial charge in [0.1, 0.15) is 5.75 Å². The van der Waals surface area contributed by atoms with E-state index in [0.29, 0.717) is 11.4 Å². The van der Waals surface area contributed by atoms with Crippen LogP contribution >= 0.6 is 0 Å². The van der Waals surface area contributed by atoms with E-state index >= 15 is 0 Å². The first-order valence-corrected chi connectivity index (χ1v) is 4.78. The van der Waals surface area contributed by atoms with Gasteiger partial charge in [-0.1, -0.05) is 0 Å². The van der Waals surface area contributed by atoms with Crippen LogP contribution in [0.2, 0.25) is 0 Å². The Morgan fingerprint density at radius 1 is 1.35 bits per heavy atom. The van der Waals surface area contributed by atoms with Crippen molar-refractivity contribution in [3.8, 4) is 11.5 Å². The molecule has 6 nitrogen and oxygen atoms in total. The Morgan fingerprint density at radius 2 is 2.18 bits per heavy atom. The number of benzene rings is 1. The van der Waals surface area contributed by atoms with Gasteiger partial charge in [0, 0.05) is 18.0 Å². The highest BCUT2D eigenvalue weighted by atomic mass is 16.6. The Bertz CT molecular complexity index is 543. The van der Waals surface area contributed by atoms with Gasteiger partial charge in [-0.05, 0) is 24.3 Å². The zero-order valence-electron chi connectivity index (χ0n) is 8.74. The zero-order chi connectivity index (χ0) is 12.3. The van der Waals surface area contributed by atoms with Crippen LogP contribution in [0.4, 0.5) is 11.4 Å².